The molecule has 1 atom stereocenters. The Kier molecular flexibility index (Phi) is 7.70. The van der Waals surface area contributed by atoms with Crippen LogP contribution in [0.5, 0.6) is 0 Å². The fourth-order valence-electron chi connectivity index (χ4n) is 2.93. The standard InChI is InChI=1S/C17H24N2O2S.ClH/c20-17(16-5-2-8-18-16)19-14-4-1-3-13(11-14)12-22-15-6-9-21-10-7-15;/h1,3-4,11,15-16,18H,2,5-10,12H2,(H,19,20);1H. The van der Waals surface area contributed by atoms with Crippen LogP contribution in [0, 0.1) is 0 Å². The quantitative estimate of drug-likeness (QED) is 0.850. The summed E-state index contributed by atoms with van der Waals surface area (Å²) in [5.74, 6) is 1.09. The summed E-state index contributed by atoms with van der Waals surface area (Å²) in [6.45, 7) is 2.73. The zero-order valence-electron chi connectivity index (χ0n) is 13.3. The molecule has 0 saturated carbocycles. The first-order valence-corrected chi connectivity index (χ1v) is 9.19. The summed E-state index contributed by atoms with van der Waals surface area (Å²) in [6, 6.07) is 8.20. The van der Waals surface area contributed by atoms with Crippen molar-refractivity contribution >= 4 is 35.8 Å². The minimum atomic E-state index is -0.0275. The number of ether oxygens (including phenoxy) is 1. The van der Waals surface area contributed by atoms with Gasteiger partial charge in [0.2, 0.25) is 5.91 Å². The van der Waals surface area contributed by atoms with Crippen molar-refractivity contribution in [1.29, 1.82) is 0 Å². The van der Waals surface area contributed by atoms with Crippen LogP contribution < -0.4 is 10.6 Å². The Labute approximate surface area is 148 Å². The van der Waals surface area contributed by atoms with E-state index in [1.165, 1.54) is 5.56 Å². The zero-order chi connectivity index (χ0) is 15.2. The number of hydrogen-bond acceptors (Lipinski definition) is 4. The topological polar surface area (TPSA) is 50.4 Å². The van der Waals surface area contributed by atoms with Gasteiger partial charge in [0.1, 0.15) is 0 Å². The van der Waals surface area contributed by atoms with Crippen LogP contribution in [0.3, 0.4) is 0 Å². The fraction of sp³-hybridized carbons (Fsp3) is 0.588. The summed E-state index contributed by atoms with van der Waals surface area (Å²) >= 11 is 2.00. The maximum absolute atomic E-state index is 12.1. The summed E-state index contributed by atoms with van der Waals surface area (Å²) in [7, 11) is 0. The van der Waals surface area contributed by atoms with E-state index in [-0.39, 0.29) is 24.4 Å². The van der Waals surface area contributed by atoms with Gasteiger partial charge < -0.3 is 15.4 Å². The van der Waals surface area contributed by atoms with Gasteiger partial charge in [-0.1, -0.05) is 12.1 Å². The van der Waals surface area contributed by atoms with E-state index in [4.69, 9.17) is 4.74 Å². The second-order valence-electron chi connectivity index (χ2n) is 5.96. The highest BCUT2D eigenvalue weighted by molar-refractivity contribution is 7.99. The van der Waals surface area contributed by atoms with Gasteiger partial charge in [-0.25, -0.2) is 0 Å². The molecule has 2 saturated heterocycles. The molecule has 0 radical (unpaired) electrons. The Morgan fingerprint density at radius 2 is 2.13 bits per heavy atom. The first kappa shape index (κ1) is 18.6. The number of hydrogen-bond donors (Lipinski definition) is 2. The third-order valence-electron chi connectivity index (χ3n) is 4.23. The van der Waals surface area contributed by atoms with Gasteiger partial charge in [-0.2, -0.15) is 11.8 Å². The molecule has 1 unspecified atom stereocenters. The van der Waals surface area contributed by atoms with Crippen LogP contribution in [-0.2, 0) is 15.3 Å². The van der Waals surface area contributed by atoms with Crippen molar-refractivity contribution in [3.63, 3.8) is 0 Å². The van der Waals surface area contributed by atoms with Crippen molar-refractivity contribution in [2.24, 2.45) is 0 Å². The molecule has 0 spiro atoms. The van der Waals surface area contributed by atoms with E-state index in [0.29, 0.717) is 5.25 Å². The molecule has 2 N–H and O–H groups in total. The molecular formula is C17H25ClN2O2S. The highest BCUT2D eigenvalue weighted by Gasteiger charge is 2.21. The number of amides is 1. The van der Waals surface area contributed by atoms with Crippen LogP contribution in [0.1, 0.15) is 31.2 Å². The van der Waals surface area contributed by atoms with E-state index < -0.39 is 0 Å². The van der Waals surface area contributed by atoms with Gasteiger partial charge in [0.15, 0.2) is 0 Å². The van der Waals surface area contributed by atoms with Crippen LogP contribution in [0.15, 0.2) is 24.3 Å². The first-order chi connectivity index (χ1) is 10.8. The molecular weight excluding hydrogens is 332 g/mol. The van der Waals surface area contributed by atoms with Crippen LogP contribution in [0.4, 0.5) is 5.69 Å². The molecule has 2 fully saturated rings. The van der Waals surface area contributed by atoms with E-state index in [1.54, 1.807) is 0 Å². The minimum absolute atomic E-state index is 0. The molecule has 2 aliphatic heterocycles. The van der Waals surface area contributed by atoms with Gasteiger partial charge in [-0.15, -0.1) is 12.4 Å². The van der Waals surface area contributed by atoms with Gasteiger partial charge in [-0.05, 0) is 49.9 Å². The number of anilines is 1. The molecule has 3 rings (SSSR count). The van der Waals surface area contributed by atoms with E-state index >= 15 is 0 Å². The average molecular weight is 357 g/mol. The number of rotatable bonds is 5. The van der Waals surface area contributed by atoms with Crippen molar-refractivity contribution in [2.75, 3.05) is 25.1 Å². The second-order valence-corrected chi connectivity index (χ2v) is 7.25. The monoisotopic (exact) mass is 356 g/mol. The van der Waals surface area contributed by atoms with E-state index in [2.05, 4.69) is 22.8 Å². The molecule has 1 aromatic carbocycles. The van der Waals surface area contributed by atoms with E-state index in [1.807, 2.05) is 23.9 Å². The number of halogens is 1. The van der Waals surface area contributed by atoms with E-state index in [9.17, 15) is 4.79 Å². The number of carbonyl (C=O) groups is 1. The van der Waals surface area contributed by atoms with Crippen molar-refractivity contribution in [3.05, 3.63) is 29.8 Å². The SMILES string of the molecule is Cl.O=C(Nc1cccc(CSC2CCOCC2)c1)C1CCCN1. The van der Waals surface area contributed by atoms with Crippen LogP contribution in [-0.4, -0.2) is 37.0 Å². The number of thioether (sulfide) groups is 1. The van der Waals surface area contributed by atoms with Crippen LogP contribution in [0.2, 0.25) is 0 Å². The Hall–Kier alpha value is -0.750. The van der Waals surface area contributed by atoms with Gasteiger partial charge in [-0.3, -0.25) is 4.79 Å². The smallest absolute Gasteiger partial charge is 0.241 e. The summed E-state index contributed by atoms with van der Waals surface area (Å²) < 4.78 is 5.40. The molecule has 2 heterocycles. The Bertz CT molecular complexity index is 503. The first-order valence-electron chi connectivity index (χ1n) is 8.14. The lowest BCUT2D eigenvalue weighted by Gasteiger charge is -2.21. The van der Waals surface area contributed by atoms with Crippen molar-refractivity contribution < 1.29 is 9.53 Å². The summed E-state index contributed by atoms with van der Waals surface area (Å²) in [4.78, 5) is 12.1. The lowest BCUT2D eigenvalue weighted by Crippen LogP contribution is -2.35. The molecule has 1 amide bonds. The van der Waals surface area contributed by atoms with Gasteiger partial charge >= 0.3 is 0 Å². The van der Waals surface area contributed by atoms with Gasteiger partial charge in [0.25, 0.3) is 0 Å². The van der Waals surface area contributed by atoms with E-state index in [0.717, 1.165) is 56.9 Å². The second kappa shape index (κ2) is 9.52. The lowest BCUT2D eigenvalue weighted by molar-refractivity contribution is -0.117. The Balaban J connectivity index is 0.00000192. The Morgan fingerprint density at radius 3 is 2.87 bits per heavy atom. The summed E-state index contributed by atoms with van der Waals surface area (Å²) in [5, 5.41) is 6.97. The maximum Gasteiger partial charge on any atom is 0.241 e. The highest BCUT2D eigenvalue weighted by Crippen LogP contribution is 2.26. The molecule has 0 bridgehead atoms. The maximum atomic E-state index is 12.1. The Morgan fingerprint density at radius 1 is 1.30 bits per heavy atom. The zero-order valence-corrected chi connectivity index (χ0v) is 14.9. The molecule has 128 valence electrons. The molecule has 4 nitrogen and oxygen atoms in total. The van der Waals surface area contributed by atoms with Crippen LogP contribution in [0.25, 0.3) is 0 Å². The fourth-order valence-corrected chi connectivity index (χ4v) is 4.07. The van der Waals surface area contributed by atoms with Crippen molar-refractivity contribution in [1.82, 2.24) is 5.32 Å². The average Bonchev–Trinajstić information content (AvgIpc) is 3.09. The minimum Gasteiger partial charge on any atom is -0.381 e. The van der Waals surface area contributed by atoms with Crippen molar-refractivity contribution in [2.45, 2.75) is 42.7 Å². The normalized spacial score (nSPS) is 21.7. The number of benzene rings is 1. The van der Waals surface area contributed by atoms with Gasteiger partial charge in [0.05, 0.1) is 6.04 Å². The molecule has 0 aliphatic carbocycles. The van der Waals surface area contributed by atoms with Crippen LogP contribution >= 0.6 is 24.2 Å². The summed E-state index contributed by atoms with van der Waals surface area (Å²) in [5.41, 5.74) is 2.18. The van der Waals surface area contributed by atoms with Crippen molar-refractivity contribution in [3.8, 4) is 0 Å². The van der Waals surface area contributed by atoms with Gasteiger partial charge in [0, 0.05) is 29.9 Å². The number of carbonyl (C=O) groups excluding carboxylic acids is 1. The molecule has 1 aromatic rings. The highest BCUT2D eigenvalue weighted by atomic mass is 35.5. The molecule has 23 heavy (non-hydrogen) atoms. The molecule has 2 aliphatic rings. The number of nitrogens with one attached hydrogen (secondary N) is 2. The molecule has 6 heteroatoms. The largest absolute Gasteiger partial charge is 0.381 e. The lowest BCUT2D eigenvalue weighted by atomic mass is 10.2. The third kappa shape index (κ3) is 5.68. The third-order valence-corrected chi connectivity index (χ3v) is 5.67. The predicted octanol–water partition coefficient (Wildman–Crippen LogP) is 3.21. The molecule has 0 aromatic heterocycles. The predicted molar refractivity (Wildman–Crippen MR) is 98.5 cm³/mol. The summed E-state index contributed by atoms with van der Waals surface area (Å²) in [6.07, 6.45) is 4.31.